The van der Waals surface area contributed by atoms with E-state index < -0.39 is 0 Å². The fourth-order valence-electron chi connectivity index (χ4n) is 17.5. The number of aromatic amines is 4. The number of rotatable bonds is 8. The Bertz CT molecular complexity index is 5640. The molecule has 0 unspecified atom stereocenters. The minimum atomic E-state index is 0. The van der Waals surface area contributed by atoms with Gasteiger partial charge in [0.25, 0.3) is 0 Å². The standard InChI is InChI=1S/2C54H51N4.Fe/c2*1-32-30-33(2)48(34(3)31-32)52-46-28-26-44(57-46)50(36-14-18-38(19-15-36)53(4,5)6)42-24-22-40(55-42)49(35-12-10-11-13-35)41-23-25-43(56-41)51(45-27-29-47(52)58-45)37-16-20-39(21-17-37)54(7,8)9;/h2*10-31,57-58H,1-9H3;/q;;+2. The molecule has 0 saturated heterocycles. The molecule has 580 valence electrons. The number of hydrogen-bond acceptors (Lipinski definition) is 4. The molecular formula is C108H102FeN8+2. The van der Waals surface area contributed by atoms with Gasteiger partial charge in [-0.25, -0.2) is 19.9 Å². The van der Waals surface area contributed by atoms with Crippen LogP contribution in [0.1, 0.15) is 195 Å². The van der Waals surface area contributed by atoms with E-state index in [0.29, 0.717) is 0 Å². The Morgan fingerprint density at radius 2 is 0.393 bits per heavy atom. The summed E-state index contributed by atoms with van der Waals surface area (Å²) in [5, 5.41) is 0. The number of nitrogens with one attached hydrogen (secondary N) is 4. The van der Waals surface area contributed by atoms with Crippen LogP contribution in [0.3, 0.4) is 0 Å². The summed E-state index contributed by atoms with van der Waals surface area (Å²) in [5.41, 5.74) is 43.6. The summed E-state index contributed by atoms with van der Waals surface area (Å²) in [4.78, 5) is 37.6. The van der Waals surface area contributed by atoms with E-state index in [1.165, 1.54) is 66.8 Å². The van der Waals surface area contributed by atoms with Gasteiger partial charge in [0.15, 0.2) is 0 Å². The van der Waals surface area contributed by atoms with Crippen molar-refractivity contribution in [2.45, 2.75) is 146 Å². The van der Waals surface area contributed by atoms with Crippen LogP contribution in [0.5, 0.6) is 0 Å². The number of aromatic nitrogens is 8. The molecule has 6 aliphatic rings. The van der Waals surface area contributed by atoms with Gasteiger partial charge in [0, 0.05) is 100 Å². The molecule has 0 amide bonds. The zero-order chi connectivity index (χ0) is 81.0. The van der Waals surface area contributed by atoms with Gasteiger partial charge >= 0.3 is 17.1 Å². The predicted molar refractivity (Wildman–Crippen MR) is 493 cm³/mol. The first kappa shape index (κ1) is 79.9. The van der Waals surface area contributed by atoms with E-state index in [2.05, 4.69) is 414 Å². The zero-order valence-electron chi connectivity index (χ0n) is 70.5. The van der Waals surface area contributed by atoms with Gasteiger partial charge in [-0.1, -0.05) is 216 Å². The molecule has 2 aliphatic carbocycles. The van der Waals surface area contributed by atoms with E-state index in [4.69, 9.17) is 19.9 Å². The molecule has 10 heterocycles. The summed E-state index contributed by atoms with van der Waals surface area (Å²) in [6.07, 6.45) is 34.2. The quantitative estimate of drug-likeness (QED) is 0.113. The molecule has 12 aromatic rings. The third-order valence-corrected chi connectivity index (χ3v) is 23.4. The van der Waals surface area contributed by atoms with Crippen LogP contribution in [-0.2, 0) is 38.7 Å². The number of H-pyrrole nitrogens is 4. The predicted octanol–water partition coefficient (Wildman–Crippen LogP) is 27.9. The van der Waals surface area contributed by atoms with Crippen LogP contribution in [0.2, 0.25) is 0 Å². The van der Waals surface area contributed by atoms with Crippen molar-refractivity contribution in [1.82, 2.24) is 39.9 Å². The van der Waals surface area contributed by atoms with Crippen LogP contribution >= 0.6 is 0 Å². The Morgan fingerprint density at radius 3 is 0.581 bits per heavy atom. The first-order valence-electron chi connectivity index (χ1n) is 40.8. The average Bonchev–Trinajstić information content (AvgIpc) is 1.63. The van der Waals surface area contributed by atoms with Crippen LogP contribution in [0.4, 0.5) is 0 Å². The van der Waals surface area contributed by atoms with Crippen LogP contribution in [0.15, 0.2) is 170 Å². The van der Waals surface area contributed by atoms with Crippen molar-refractivity contribution in [3.63, 3.8) is 0 Å². The first-order chi connectivity index (χ1) is 55.4. The van der Waals surface area contributed by atoms with E-state index in [-0.39, 0.29) is 38.7 Å². The van der Waals surface area contributed by atoms with Crippen molar-refractivity contribution >= 4 is 92.7 Å². The number of nitrogens with zero attached hydrogens (tertiary/aromatic N) is 4. The number of benzene rings is 6. The van der Waals surface area contributed by atoms with Gasteiger partial charge in [-0.15, -0.1) is 0 Å². The molecule has 10 radical (unpaired) electrons. The maximum absolute atomic E-state index is 5.46. The SMILES string of the molecule is Cc1cc(C)c(-c2c3ccc([nH]3)c(-c3ccc(C(C)(C)C)cc3)c3nc(c([C]4[CH][CH][CH][CH]4)c4nc(c(-c5ccc(C(C)(C)C)cc5)c5ccc2[nH]5)C=C4)C=C3)c(C)c1.Cc1cc(C)c(-c2c3ccc([nH]3)c(-c3ccc(C(C)(C)C)cc3)c3nc(c([C]4[CH][CH][CH][CH]4)c4nc(c(-c5ccc(C(C)(C)C)cc5)c5ccc2[nH]5)C=C4)C=C3)c(C)c1.[Fe+2]. The van der Waals surface area contributed by atoms with Crippen molar-refractivity contribution in [1.29, 1.82) is 0 Å². The van der Waals surface area contributed by atoms with Crippen molar-refractivity contribution in [3.8, 4) is 66.8 Å². The first-order valence-corrected chi connectivity index (χ1v) is 40.8. The summed E-state index contributed by atoms with van der Waals surface area (Å²) in [6.45, 7) is 40.4. The Balaban J connectivity index is 0.000000174. The van der Waals surface area contributed by atoms with Gasteiger partial charge in [-0.2, -0.15) is 0 Å². The fourth-order valence-corrected chi connectivity index (χ4v) is 17.5. The van der Waals surface area contributed by atoms with Gasteiger partial charge in [-0.3, -0.25) is 0 Å². The van der Waals surface area contributed by atoms with Crippen LogP contribution in [0.25, 0.3) is 160 Å². The Kier molecular flexibility index (Phi) is 21.3. The summed E-state index contributed by atoms with van der Waals surface area (Å²) in [5.74, 6) is 2.19. The van der Waals surface area contributed by atoms with Crippen LogP contribution in [-0.4, -0.2) is 39.9 Å². The van der Waals surface area contributed by atoms with Gasteiger partial charge in [0.05, 0.1) is 45.6 Å². The van der Waals surface area contributed by atoms with E-state index in [0.717, 1.165) is 168 Å². The molecule has 4 aliphatic heterocycles. The van der Waals surface area contributed by atoms with E-state index in [9.17, 15) is 0 Å². The van der Waals surface area contributed by atoms with Crippen molar-refractivity contribution in [3.05, 3.63) is 345 Å². The summed E-state index contributed by atoms with van der Waals surface area (Å²) < 4.78 is 0. The van der Waals surface area contributed by atoms with E-state index in [1.54, 1.807) is 0 Å². The molecule has 4 N–H and O–H groups in total. The topological polar surface area (TPSA) is 115 Å². The molecule has 8 nitrogen and oxygen atoms in total. The van der Waals surface area contributed by atoms with Crippen molar-refractivity contribution in [2.24, 2.45) is 0 Å². The zero-order valence-corrected chi connectivity index (χ0v) is 71.7. The minimum absolute atomic E-state index is 0. The summed E-state index contributed by atoms with van der Waals surface area (Å²) >= 11 is 0. The second kappa shape index (κ2) is 31.2. The largest absolute Gasteiger partial charge is 2.00 e. The van der Waals surface area contributed by atoms with Gasteiger partial charge in [0.1, 0.15) is 0 Å². The average molecular weight is 1570 g/mol. The Hall–Kier alpha value is -11.0. The number of hydrogen-bond donors (Lipinski definition) is 4. The van der Waals surface area contributed by atoms with Crippen LogP contribution in [0, 0.1) is 105 Å². The maximum Gasteiger partial charge on any atom is 2.00 e. The van der Waals surface area contributed by atoms with Crippen LogP contribution < -0.4 is 0 Å². The summed E-state index contributed by atoms with van der Waals surface area (Å²) in [6, 6.07) is 63.0. The molecule has 0 spiro atoms. The number of aryl methyl sites for hydroxylation is 6. The van der Waals surface area contributed by atoms with E-state index in [1.807, 2.05) is 0 Å². The Morgan fingerprint density at radius 1 is 0.214 bits per heavy atom. The second-order valence-corrected chi connectivity index (χ2v) is 36.2. The van der Waals surface area contributed by atoms with Crippen molar-refractivity contribution in [2.75, 3.05) is 0 Å². The molecule has 2 fully saturated rings. The third-order valence-electron chi connectivity index (χ3n) is 23.4. The molecule has 16 bridgehead atoms. The molecule has 0 atom stereocenters. The minimum Gasteiger partial charge on any atom is -0.354 e. The fraction of sp³-hybridized carbons (Fsp3) is 0.204. The van der Waals surface area contributed by atoms with Gasteiger partial charge in [-0.05, 0) is 290 Å². The maximum atomic E-state index is 5.46. The van der Waals surface area contributed by atoms with Gasteiger partial charge < -0.3 is 19.9 Å². The molecule has 117 heavy (non-hydrogen) atoms. The molecule has 6 aromatic carbocycles. The molecule has 18 rings (SSSR count). The smallest absolute Gasteiger partial charge is 0.354 e. The molecule has 6 aromatic heterocycles. The Labute approximate surface area is 703 Å². The normalized spacial score (nSPS) is 14.4. The molecular weight excluding hydrogens is 1470 g/mol. The number of fused-ring (bicyclic) bond motifs is 16. The summed E-state index contributed by atoms with van der Waals surface area (Å²) in [7, 11) is 0. The van der Waals surface area contributed by atoms with Gasteiger partial charge in [0.2, 0.25) is 0 Å². The molecule has 2 saturated carbocycles. The monoisotopic (exact) mass is 1570 g/mol. The second-order valence-electron chi connectivity index (χ2n) is 36.2. The third kappa shape index (κ3) is 15.6. The molecule has 9 heteroatoms. The van der Waals surface area contributed by atoms with E-state index >= 15 is 0 Å². The van der Waals surface area contributed by atoms with Crippen molar-refractivity contribution < 1.29 is 17.1 Å².